The number of imidazole rings is 1. The first-order chi connectivity index (χ1) is 8.70. The lowest BCUT2D eigenvalue weighted by Gasteiger charge is -2.06. The third-order valence-corrected chi connectivity index (χ3v) is 2.31. The fraction of sp³-hybridized carbons (Fsp3) is 0.154. The Morgan fingerprint density at radius 3 is 2.94 bits per heavy atom. The van der Waals surface area contributed by atoms with Crippen molar-refractivity contribution in [3.8, 4) is 17.3 Å². The van der Waals surface area contributed by atoms with Crippen LogP contribution in [0.25, 0.3) is 17.0 Å². The summed E-state index contributed by atoms with van der Waals surface area (Å²) in [5, 5.41) is 9.10. The van der Waals surface area contributed by atoms with Gasteiger partial charge >= 0.3 is 0 Å². The second-order valence-electron chi connectivity index (χ2n) is 4.00. The van der Waals surface area contributed by atoms with Crippen LogP contribution in [0.5, 0.6) is 0 Å². The summed E-state index contributed by atoms with van der Waals surface area (Å²) in [4.78, 5) is 10.1. The Kier molecular flexibility index (Phi) is 3.39. The maximum atomic E-state index is 9.10. The molecule has 5 nitrogen and oxygen atoms in total. The number of aromatic nitrogens is 3. The Morgan fingerprint density at radius 1 is 1.50 bits per heavy atom. The molecular weight excluding hydrogens is 226 g/mol. The maximum Gasteiger partial charge on any atom is 0.141 e. The van der Waals surface area contributed by atoms with E-state index in [0.717, 1.165) is 11.3 Å². The van der Waals surface area contributed by atoms with E-state index in [-0.39, 0.29) is 0 Å². The van der Waals surface area contributed by atoms with Gasteiger partial charge in [0.05, 0.1) is 5.69 Å². The van der Waals surface area contributed by atoms with Crippen LogP contribution in [0.1, 0.15) is 0 Å². The first kappa shape index (κ1) is 11.9. The number of pyridine rings is 1. The average Bonchev–Trinajstić information content (AvgIpc) is 2.86. The molecule has 0 aliphatic carbocycles. The molecule has 0 bridgehead atoms. The molecule has 0 saturated heterocycles. The average molecular weight is 239 g/mol. The highest BCUT2D eigenvalue weighted by molar-refractivity contribution is 5.63. The van der Waals surface area contributed by atoms with Crippen LogP contribution < -0.4 is 0 Å². The topological polar surface area (TPSA) is 57.7 Å². The van der Waals surface area contributed by atoms with Gasteiger partial charge < -0.3 is 4.90 Å². The van der Waals surface area contributed by atoms with Gasteiger partial charge in [-0.25, -0.2) is 4.98 Å². The summed E-state index contributed by atoms with van der Waals surface area (Å²) in [6, 6.07) is 5.93. The molecule has 0 aromatic carbocycles. The molecular formula is C13H13N5. The molecule has 0 atom stereocenters. The van der Waals surface area contributed by atoms with Crippen LogP contribution in [-0.2, 0) is 0 Å². The van der Waals surface area contributed by atoms with Gasteiger partial charge in [0.15, 0.2) is 0 Å². The molecule has 0 aliphatic rings. The van der Waals surface area contributed by atoms with Gasteiger partial charge in [0.25, 0.3) is 0 Å². The van der Waals surface area contributed by atoms with Crippen molar-refractivity contribution in [2.45, 2.75) is 0 Å². The maximum absolute atomic E-state index is 9.10. The first-order valence-electron chi connectivity index (χ1n) is 5.44. The summed E-state index contributed by atoms with van der Waals surface area (Å²) in [5.41, 5.74) is 2.24. The van der Waals surface area contributed by atoms with E-state index in [9.17, 15) is 0 Å². The molecule has 0 spiro atoms. The highest BCUT2D eigenvalue weighted by atomic mass is 15.1. The van der Waals surface area contributed by atoms with Crippen LogP contribution >= 0.6 is 0 Å². The van der Waals surface area contributed by atoms with Gasteiger partial charge in [-0.15, -0.1) is 0 Å². The van der Waals surface area contributed by atoms with Crippen molar-refractivity contribution in [1.29, 1.82) is 5.26 Å². The second kappa shape index (κ2) is 5.15. The van der Waals surface area contributed by atoms with E-state index in [1.165, 1.54) is 0 Å². The summed E-state index contributed by atoms with van der Waals surface area (Å²) in [6.07, 6.45) is 8.65. The van der Waals surface area contributed by atoms with Crippen molar-refractivity contribution in [2.75, 3.05) is 14.1 Å². The number of nitrogens with zero attached hydrogens (tertiary/aromatic N) is 5. The van der Waals surface area contributed by atoms with Crippen LogP contribution in [0.15, 0.2) is 43.3 Å². The largest absolute Gasteiger partial charge is 0.381 e. The van der Waals surface area contributed by atoms with Crippen molar-refractivity contribution in [3.05, 3.63) is 43.3 Å². The predicted molar refractivity (Wildman–Crippen MR) is 69.0 cm³/mol. The van der Waals surface area contributed by atoms with Crippen molar-refractivity contribution >= 4 is 5.70 Å². The van der Waals surface area contributed by atoms with E-state index >= 15 is 0 Å². The van der Waals surface area contributed by atoms with Gasteiger partial charge in [-0.05, 0) is 12.1 Å². The molecule has 2 aromatic rings. The normalized spacial score (nSPS) is 11.1. The van der Waals surface area contributed by atoms with Crippen LogP contribution in [0, 0.1) is 11.3 Å². The summed E-state index contributed by atoms with van der Waals surface area (Å²) in [7, 11) is 3.74. The lowest BCUT2D eigenvalue weighted by Crippen LogP contribution is -2.04. The smallest absolute Gasteiger partial charge is 0.141 e. The monoisotopic (exact) mass is 239 g/mol. The molecule has 0 fully saturated rings. The van der Waals surface area contributed by atoms with Crippen molar-refractivity contribution < 1.29 is 0 Å². The summed E-state index contributed by atoms with van der Waals surface area (Å²) >= 11 is 0. The minimum Gasteiger partial charge on any atom is -0.381 e. The molecule has 18 heavy (non-hydrogen) atoms. The fourth-order valence-electron chi connectivity index (χ4n) is 1.52. The number of nitriles is 1. The van der Waals surface area contributed by atoms with E-state index in [4.69, 9.17) is 5.26 Å². The quantitative estimate of drug-likeness (QED) is 0.767. The third kappa shape index (κ3) is 2.55. The van der Waals surface area contributed by atoms with Gasteiger partial charge in [0.2, 0.25) is 0 Å². The number of allylic oxidation sites excluding steroid dienone is 1. The lowest BCUT2D eigenvalue weighted by molar-refractivity contribution is 0.563. The van der Waals surface area contributed by atoms with E-state index in [1.807, 2.05) is 37.3 Å². The molecule has 0 unspecified atom stereocenters. The van der Waals surface area contributed by atoms with Crippen molar-refractivity contribution in [3.63, 3.8) is 0 Å². The van der Waals surface area contributed by atoms with Crippen LogP contribution in [0.4, 0.5) is 0 Å². The number of rotatable bonds is 3. The second-order valence-corrected chi connectivity index (χ2v) is 4.00. The number of hydrogen-bond acceptors (Lipinski definition) is 4. The van der Waals surface area contributed by atoms with Gasteiger partial charge in [-0.1, -0.05) is 0 Å². The van der Waals surface area contributed by atoms with Crippen LogP contribution in [-0.4, -0.2) is 33.5 Å². The Hall–Kier alpha value is -2.61. The van der Waals surface area contributed by atoms with Gasteiger partial charge in [-0.3, -0.25) is 9.55 Å². The first-order valence-corrected chi connectivity index (χ1v) is 5.44. The standard InChI is InChI=1S/C13H13N5/c1-17(2)8-12(6-14)18-9-13(16-10-18)11-4-3-5-15-7-11/h3-5,7-10H,1-2H3/b12-8-. The molecule has 0 saturated carbocycles. The van der Waals surface area contributed by atoms with Crippen LogP contribution in [0.2, 0.25) is 0 Å². The fourth-order valence-corrected chi connectivity index (χ4v) is 1.52. The Balaban J connectivity index is 2.34. The zero-order valence-electron chi connectivity index (χ0n) is 10.3. The minimum absolute atomic E-state index is 0.516. The molecule has 0 amide bonds. The summed E-state index contributed by atoms with van der Waals surface area (Å²) in [5.74, 6) is 0. The molecule has 0 aliphatic heterocycles. The van der Waals surface area contributed by atoms with Gasteiger partial charge in [0.1, 0.15) is 18.1 Å². The highest BCUT2D eigenvalue weighted by Gasteiger charge is 2.05. The zero-order valence-corrected chi connectivity index (χ0v) is 10.3. The molecule has 2 aromatic heterocycles. The summed E-state index contributed by atoms with van der Waals surface area (Å²) in [6.45, 7) is 0. The number of hydrogen-bond donors (Lipinski definition) is 0. The van der Waals surface area contributed by atoms with E-state index in [1.54, 1.807) is 29.5 Å². The molecule has 2 heterocycles. The highest BCUT2D eigenvalue weighted by Crippen LogP contribution is 2.16. The Morgan fingerprint density at radius 2 is 2.33 bits per heavy atom. The van der Waals surface area contributed by atoms with Crippen molar-refractivity contribution in [2.24, 2.45) is 0 Å². The third-order valence-electron chi connectivity index (χ3n) is 2.31. The van der Waals surface area contributed by atoms with Crippen LogP contribution in [0.3, 0.4) is 0 Å². The molecule has 0 radical (unpaired) electrons. The van der Waals surface area contributed by atoms with E-state index in [2.05, 4.69) is 16.0 Å². The van der Waals surface area contributed by atoms with E-state index < -0.39 is 0 Å². The molecule has 5 heteroatoms. The Bertz CT molecular complexity index is 589. The Labute approximate surface area is 106 Å². The SMILES string of the molecule is CN(C)/C=C(/C#N)n1cnc(-c2cccnc2)c1. The predicted octanol–water partition coefficient (Wildman–Crippen LogP) is 1.83. The molecule has 0 N–H and O–H groups in total. The van der Waals surface area contributed by atoms with Gasteiger partial charge in [0, 0.05) is 44.4 Å². The molecule has 90 valence electrons. The molecule has 2 rings (SSSR count). The zero-order chi connectivity index (χ0) is 13.0. The van der Waals surface area contributed by atoms with E-state index in [0.29, 0.717) is 5.70 Å². The summed E-state index contributed by atoms with van der Waals surface area (Å²) < 4.78 is 1.70. The van der Waals surface area contributed by atoms with Crippen molar-refractivity contribution in [1.82, 2.24) is 19.4 Å². The lowest BCUT2D eigenvalue weighted by atomic mass is 10.2. The van der Waals surface area contributed by atoms with Gasteiger partial charge in [-0.2, -0.15) is 5.26 Å². The minimum atomic E-state index is 0.516.